The van der Waals surface area contributed by atoms with Crippen LogP contribution in [0, 0.1) is 0 Å². The maximum Gasteiger partial charge on any atom is 0.319 e. The van der Waals surface area contributed by atoms with Gasteiger partial charge in [-0.05, 0) is 12.1 Å². The quantitative estimate of drug-likeness (QED) is 0.840. The van der Waals surface area contributed by atoms with Crippen molar-refractivity contribution in [2.24, 2.45) is 0 Å². The van der Waals surface area contributed by atoms with E-state index in [0.29, 0.717) is 25.0 Å². The van der Waals surface area contributed by atoms with Gasteiger partial charge in [0.25, 0.3) is 0 Å². The fraction of sp³-hybridized carbons (Fsp3) is 0.385. The molecule has 6 nitrogen and oxygen atoms in total. The lowest BCUT2D eigenvalue weighted by Gasteiger charge is -2.23. The topological polar surface area (TPSA) is 82.3 Å². The molecule has 1 saturated heterocycles. The summed E-state index contributed by atoms with van der Waals surface area (Å²) in [5.74, 6) is 0.434. The standard InChI is InChI=1S/C13H16N4O2/c14-12-10-3-1-2-4-11(10)16-13(17-12)19-8-9-7-15-5-6-18-9/h1-4,9,15H,5-8H2,(H2,14,16,17). The van der Waals surface area contributed by atoms with Gasteiger partial charge in [0.2, 0.25) is 0 Å². The van der Waals surface area contributed by atoms with E-state index in [9.17, 15) is 0 Å². The Hall–Kier alpha value is -1.92. The summed E-state index contributed by atoms with van der Waals surface area (Å²) < 4.78 is 11.1. The number of hydrogen-bond donors (Lipinski definition) is 2. The van der Waals surface area contributed by atoms with Crippen molar-refractivity contribution in [3.63, 3.8) is 0 Å². The van der Waals surface area contributed by atoms with Gasteiger partial charge in [0, 0.05) is 18.5 Å². The summed E-state index contributed by atoms with van der Waals surface area (Å²) in [5, 5.41) is 4.08. The van der Waals surface area contributed by atoms with Gasteiger partial charge in [-0.25, -0.2) is 0 Å². The molecule has 19 heavy (non-hydrogen) atoms. The van der Waals surface area contributed by atoms with Crippen molar-refractivity contribution >= 4 is 16.7 Å². The first-order valence-corrected chi connectivity index (χ1v) is 6.30. The smallest absolute Gasteiger partial charge is 0.319 e. The van der Waals surface area contributed by atoms with Crippen LogP contribution in [0.25, 0.3) is 10.9 Å². The number of ether oxygens (including phenoxy) is 2. The number of nitrogens with zero attached hydrogens (tertiary/aromatic N) is 2. The number of aromatic nitrogens is 2. The Labute approximate surface area is 110 Å². The molecule has 1 unspecified atom stereocenters. The molecule has 0 amide bonds. The lowest BCUT2D eigenvalue weighted by atomic mass is 10.2. The Balaban J connectivity index is 1.73. The highest BCUT2D eigenvalue weighted by Gasteiger charge is 2.15. The molecule has 0 bridgehead atoms. The van der Waals surface area contributed by atoms with Gasteiger partial charge in [-0.2, -0.15) is 9.97 Å². The highest BCUT2D eigenvalue weighted by atomic mass is 16.5. The van der Waals surface area contributed by atoms with Crippen molar-refractivity contribution in [2.75, 3.05) is 32.0 Å². The Morgan fingerprint density at radius 3 is 3.11 bits per heavy atom. The van der Waals surface area contributed by atoms with Crippen LogP contribution in [0.1, 0.15) is 0 Å². The minimum Gasteiger partial charge on any atom is -0.461 e. The number of nitrogens with two attached hydrogens (primary N) is 1. The molecule has 3 rings (SSSR count). The molecule has 1 aromatic carbocycles. The summed E-state index contributed by atoms with van der Waals surface area (Å²) in [6, 6.07) is 7.89. The van der Waals surface area contributed by atoms with Crippen molar-refractivity contribution in [3.8, 4) is 6.01 Å². The largest absolute Gasteiger partial charge is 0.461 e. The van der Waals surface area contributed by atoms with Crippen LogP contribution in [0.3, 0.4) is 0 Å². The van der Waals surface area contributed by atoms with Crippen molar-refractivity contribution in [2.45, 2.75) is 6.10 Å². The van der Waals surface area contributed by atoms with Gasteiger partial charge in [0.05, 0.1) is 12.1 Å². The van der Waals surface area contributed by atoms with Crippen LogP contribution in [0.15, 0.2) is 24.3 Å². The third-order valence-corrected chi connectivity index (χ3v) is 3.01. The van der Waals surface area contributed by atoms with E-state index < -0.39 is 0 Å². The van der Waals surface area contributed by atoms with E-state index in [0.717, 1.165) is 24.0 Å². The fourth-order valence-corrected chi connectivity index (χ4v) is 2.04. The molecule has 2 aromatic rings. The number of para-hydroxylation sites is 1. The molecule has 1 aromatic heterocycles. The molecule has 100 valence electrons. The molecule has 0 saturated carbocycles. The number of nitrogen functional groups attached to an aromatic ring is 1. The Morgan fingerprint density at radius 1 is 1.37 bits per heavy atom. The van der Waals surface area contributed by atoms with Gasteiger partial charge >= 0.3 is 6.01 Å². The van der Waals surface area contributed by atoms with Crippen molar-refractivity contribution in [1.29, 1.82) is 0 Å². The Morgan fingerprint density at radius 2 is 2.26 bits per heavy atom. The Bertz CT molecular complexity index is 570. The van der Waals surface area contributed by atoms with Gasteiger partial charge in [-0.3, -0.25) is 0 Å². The molecule has 1 aliphatic heterocycles. The van der Waals surface area contributed by atoms with Crippen molar-refractivity contribution in [3.05, 3.63) is 24.3 Å². The van der Waals surface area contributed by atoms with Crippen LogP contribution < -0.4 is 15.8 Å². The molecular formula is C13H16N4O2. The van der Waals surface area contributed by atoms with E-state index in [-0.39, 0.29) is 6.10 Å². The van der Waals surface area contributed by atoms with E-state index >= 15 is 0 Å². The molecule has 2 heterocycles. The minimum absolute atomic E-state index is 0.0324. The number of hydrogen-bond acceptors (Lipinski definition) is 6. The second-order valence-electron chi connectivity index (χ2n) is 4.42. The average molecular weight is 260 g/mol. The zero-order valence-corrected chi connectivity index (χ0v) is 10.5. The molecule has 3 N–H and O–H groups in total. The maximum absolute atomic E-state index is 5.89. The molecule has 0 aliphatic carbocycles. The normalized spacial score (nSPS) is 19.5. The molecular weight excluding hydrogens is 244 g/mol. The molecule has 1 atom stereocenters. The fourth-order valence-electron chi connectivity index (χ4n) is 2.04. The Kier molecular flexibility index (Phi) is 3.43. The van der Waals surface area contributed by atoms with Gasteiger partial charge in [0.15, 0.2) is 0 Å². The van der Waals surface area contributed by atoms with Crippen LogP contribution in [0.5, 0.6) is 6.01 Å². The second-order valence-corrected chi connectivity index (χ2v) is 4.42. The second kappa shape index (κ2) is 5.38. The number of rotatable bonds is 3. The van der Waals surface area contributed by atoms with Crippen LogP contribution in [-0.2, 0) is 4.74 Å². The predicted octanol–water partition coefficient (Wildman–Crippen LogP) is 0.579. The third kappa shape index (κ3) is 2.74. The van der Waals surface area contributed by atoms with Crippen LogP contribution in [0.4, 0.5) is 5.82 Å². The first-order valence-electron chi connectivity index (χ1n) is 6.30. The molecule has 6 heteroatoms. The summed E-state index contributed by atoms with van der Waals surface area (Å²) in [7, 11) is 0. The highest BCUT2D eigenvalue weighted by molar-refractivity contribution is 5.88. The zero-order chi connectivity index (χ0) is 13.1. The number of morpholine rings is 1. The van der Waals surface area contributed by atoms with Crippen LogP contribution in [-0.4, -0.2) is 42.4 Å². The van der Waals surface area contributed by atoms with Crippen molar-refractivity contribution in [1.82, 2.24) is 15.3 Å². The lowest BCUT2D eigenvalue weighted by molar-refractivity contribution is -0.00167. The number of fused-ring (bicyclic) bond motifs is 1. The summed E-state index contributed by atoms with van der Waals surface area (Å²) >= 11 is 0. The van der Waals surface area contributed by atoms with Crippen LogP contribution in [0.2, 0.25) is 0 Å². The molecule has 0 spiro atoms. The first kappa shape index (κ1) is 12.1. The average Bonchev–Trinajstić information content (AvgIpc) is 2.46. The lowest BCUT2D eigenvalue weighted by Crippen LogP contribution is -2.41. The van der Waals surface area contributed by atoms with Crippen LogP contribution >= 0.6 is 0 Å². The molecule has 0 radical (unpaired) electrons. The third-order valence-electron chi connectivity index (χ3n) is 3.01. The first-order chi connectivity index (χ1) is 9.33. The number of benzene rings is 1. The van der Waals surface area contributed by atoms with E-state index in [4.69, 9.17) is 15.2 Å². The SMILES string of the molecule is Nc1nc(OCC2CNCCO2)nc2ccccc12. The van der Waals surface area contributed by atoms with Gasteiger partial charge in [-0.15, -0.1) is 0 Å². The summed E-state index contributed by atoms with van der Waals surface area (Å²) in [5.41, 5.74) is 6.68. The van der Waals surface area contributed by atoms with Gasteiger partial charge in [-0.1, -0.05) is 12.1 Å². The molecule has 1 aliphatic rings. The van der Waals surface area contributed by atoms with E-state index in [1.807, 2.05) is 24.3 Å². The predicted molar refractivity (Wildman–Crippen MR) is 72.1 cm³/mol. The highest BCUT2D eigenvalue weighted by Crippen LogP contribution is 2.20. The summed E-state index contributed by atoms with van der Waals surface area (Å²) in [6.45, 7) is 2.79. The monoisotopic (exact) mass is 260 g/mol. The van der Waals surface area contributed by atoms with Crippen molar-refractivity contribution < 1.29 is 9.47 Å². The summed E-state index contributed by atoms with van der Waals surface area (Å²) in [4.78, 5) is 8.49. The molecule has 1 fully saturated rings. The van der Waals surface area contributed by atoms with E-state index in [2.05, 4.69) is 15.3 Å². The maximum atomic E-state index is 5.89. The van der Waals surface area contributed by atoms with Gasteiger partial charge in [0.1, 0.15) is 18.5 Å². The van der Waals surface area contributed by atoms with E-state index in [1.54, 1.807) is 0 Å². The number of anilines is 1. The van der Waals surface area contributed by atoms with E-state index in [1.165, 1.54) is 0 Å². The number of nitrogens with one attached hydrogen (secondary N) is 1. The minimum atomic E-state index is 0.0324. The summed E-state index contributed by atoms with van der Waals surface area (Å²) in [6.07, 6.45) is 0.0324. The zero-order valence-electron chi connectivity index (χ0n) is 10.5. The van der Waals surface area contributed by atoms with Gasteiger partial charge < -0.3 is 20.5 Å².